The lowest BCUT2D eigenvalue weighted by molar-refractivity contribution is 0.770. The van der Waals surface area contributed by atoms with Crippen molar-refractivity contribution < 1.29 is 0 Å². The molecule has 1 heterocycles. The number of nitrogens with one attached hydrogen (secondary N) is 3. The van der Waals surface area contributed by atoms with Crippen molar-refractivity contribution in [2.75, 3.05) is 20.1 Å². The van der Waals surface area contributed by atoms with Crippen molar-refractivity contribution >= 4 is 52.6 Å². The molecule has 0 aliphatic rings. The number of hydrogen-bond donors (Lipinski definition) is 3. The molecule has 0 spiro atoms. The van der Waals surface area contributed by atoms with Crippen molar-refractivity contribution in [1.29, 1.82) is 0 Å². The number of para-hydroxylation sites is 2. The number of halogens is 2. The number of imidazole rings is 1. The van der Waals surface area contributed by atoms with E-state index >= 15 is 0 Å². The van der Waals surface area contributed by atoms with E-state index < -0.39 is 0 Å². The summed E-state index contributed by atoms with van der Waals surface area (Å²) < 4.78 is 0. The summed E-state index contributed by atoms with van der Waals surface area (Å²) in [4.78, 5) is 12.2. The zero-order valence-electron chi connectivity index (χ0n) is 14.6. The maximum absolute atomic E-state index is 6.00. The number of fused-ring (bicyclic) bond motifs is 1. The van der Waals surface area contributed by atoms with Gasteiger partial charge in [0, 0.05) is 31.6 Å². The van der Waals surface area contributed by atoms with Crippen LogP contribution in [0.3, 0.4) is 0 Å². The second-order valence-electron chi connectivity index (χ2n) is 5.76. The van der Waals surface area contributed by atoms with E-state index in [-0.39, 0.29) is 24.0 Å². The molecule has 0 unspecified atom stereocenters. The van der Waals surface area contributed by atoms with E-state index in [4.69, 9.17) is 11.6 Å². The highest BCUT2D eigenvalue weighted by Gasteiger charge is 2.03. The van der Waals surface area contributed by atoms with Gasteiger partial charge in [0.1, 0.15) is 5.82 Å². The number of benzene rings is 2. The predicted octanol–water partition coefficient (Wildman–Crippen LogP) is 3.78. The summed E-state index contributed by atoms with van der Waals surface area (Å²) in [5.74, 6) is 1.77. The Morgan fingerprint density at radius 2 is 1.85 bits per heavy atom. The van der Waals surface area contributed by atoms with Crippen LogP contribution in [0.5, 0.6) is 0 Å². The summed E-state index contributed by atoms with van der Waals surface area (Å²) in [5.41, 5.74) is 3.28. The topological polar surface area (TPSA) is 65.1 Å². The van der Waals surface area contributed by atoms with Crippen molar-refractivity contribution in [3.8, 4) is 0 Å². The molecule has 0 radical (unpaired) electrons. The summed E-state index contributed by atoms with van der Waals surface area (Å²) in [5, 5.41) is 7.40. The van der Waals surface area contributed by atoms with Crippen LogP contribution in [0.4, 0.5) is 0 Å². The average Bonchev–Trinajstić information content (AvgIpc) is 3.03. The Hall–Kier alpha value is -1.80. The van der Waals surface area contributed by atoms with Gasteiger partial charge in [-0.25, -0.2) is 4.98 Å². The number of aromatic amines is 1. The second-order valence-corrected chi connectivity index (χ2v) is 6.19. The number of hydrogen-bond acceptors (Lipinski definition) is 2. The molecular formula is C19H23ClIN5. The Morgan fingerprint density at radius 1 is 1.08 bits per heavy atom. The van der Waals surface area contributed by atoms with E-state index in [1.807, 2.05) is 42.5 Å². The van der Waals surface area contributed by atoms with Crippen LogP contribution in [0.1, 0.15) is 11.4 Å². The number of rotatable bonds is 6. The van der Waals surface area contributed by atoms with E-state index in [1.54, 1.807) is 7.05 Å². The van der Waals surface area contributed by atoms with Crippen LogP contribution in [-0.2, 0) is 12.8 Å². The van der Waals surface area contributed by atoms with Crippen LogP contribution >= 0.6 is 35.6 Å². The van der Waals surface area contributed by atoms with Crippen LogP contribution in [0.15, 0.2) is 53.5 Å². The van der Waals surface area contributed by atoms with E-state index in [1.165, 1.54) is 5.56 Å². The van der Waals surface area contributed by atoms with Gasteiger partial charge in [0.05, 0.1) is 11.0 Å². The van der Waals surface area contributed by atoms with E-state index in [2.05, 4.69) is 31.7 Å². The molecule has 0 saturated heterocycles. The van der Waals surface area contributed by atoms with Crippen molar-refractivity contribution in [1.82, 2.24) is 20.6 Å². The number of guanidine groups is 1. The molecule has 7 heteroatoms. The van der Waals surface area contributed by atoms with Crippen molar-refractivity contribution in [2.24, 2.45) is 4.99 Å². The van der Waals surface area contributed by atoms with Gasteiger partial charge in [0.2, 0.25) is 0 Å². The molecule has 0 atom stereocenters. The van der Waals surface area contributed by atoms with E-state index in [0.717, 1.165) is 53.8 Å². The highest BCUT2D eigenvalue weighted by molar-refractivity contribution is 14.0. The lowest BCUT2D eigenvalue weighted by atomic mass is 10.1. The SMILES string of the molecule is CN=C(NCCc1cccc(Cl)c1)NCCc1nc2ccccc2[nH]1.I. The monoisotopic (exact) mass is 483 g/mol. The quantitative estimate of drug-likeness (QED) is 0.284. The van der Waals surface area contributed by atoms with Crippen molar-refractivity contribution in [3.05, 3.63) is 64.9 Å². The van der Waals surface area contributed by atoms with Gasteiger partial charge < -0.3 is 15.6 Å². The molecule has 5 nitrogen and oxygen atoms in total. The minimum Gasteiger partial charge on any atom is -0.356 e. The largest absolute Gasteiger partial charge is 0.356 e. The lowest BCUT2D eigenvalue weighted by Crippen LogP contribution is -2.39. The molecule has 138 valence electrons. The van der Waals surface area contributed by atoms with Gasteiger partial charge in [-0.15, -0.1) is 24.0 Å². The maximum Gasteiger partial charge on any atom is 0.191 e. The Balaban J connectivity index is 0.00000243. The molecule has 0 bridgehead atoms. The number of aromatic nitrogens is 2. The molecule has 2 aromatic carbocycles. The minimum atomic E-state index is 0. The molecule has 1 aromatic heterocycles. The van der Waals surface area contributed by atoms with E-state index in [0.29, 0.717) is 0 Å². The van der Waals surface area contributed by atoms with Crippen LogP contribution in [-0.4, -0.2) is 36.1 Å². The van der Waals surface area contributed by atoms with Gasteiger partial charge in [-0.2, -0.15) is 0 Å². The molecule has 0 fully saturated rings. The van der Waals surface area contributed by atoms with Gasteiger partial charge in [0.25, 0.3) is 0 Å². The van der Waals surface area contributed by atoms with Gasteiger partial charge in [-0.1, -0.05) is 35.9 Å². The highest BCUT2D eigenvalue weighted by Crippen LogP contribution is 2.11. The van der Waals surface area contributed by atoms with Gasteiger partial charge in [-0.05, 0) is 36.2 Å². The summed E-state index contributed by atoms with van der Waals surface area (Å²) in [7, 11) is 1.77. The van der Waals surface area contributed by atoms with Crippen LogP contribution in [0, 0.1) is 0 Å². The fourth-order valence-corrected chi connectivity index (χ4v) is 2.87. The Morgan fingerprint density at radius 3 is 2.58 bits per heavy atom. The standard InChI is InChI=1S/C19H22ClN5.HI/c1-21-19(22-11-9-14-5-4-6-15(20)13-14)23-12-10-18-24-16-7-2-3-8-17(16)25-18;/h2-8,13H,9-12H2,1H3,(H,24,25)(H2,21,22,23);1H. The minimum absolute atomic E-state index is 0. The third-order valence-electron chi connectivity index (χ3n) is 3.91. The van der Waals surface area contributed by atoms with Gasteiger partial charge >= 0.3 is 0 Å². The Kier molecular flexibility index (Phi) is 8.18. The molecule has 3 aromatic rings. The fraction of sp³-hybridized carbons (Fsp3) is 0.263. The second kappa shape index (κ2) is 10.4. The molecule has 3 N–H and O–H groups in total. The molecule has 0 aliphatic carbocycles. The zero-order chi connectivity index (χ0) is 17.5. The molecule has 3 rings (SSSR count). The smallest absolute Gasteiger partial charge is 0.191 e. The first kappa shape index (κ1) is 20.5. The molecule has 0 aliphatic heterocycles. The number of H-pyrrole nitrogens is 1. The van der Waals surface area contributed by atoms with Crippen molar-refractivity contribution in [2.45, 2.75) is 12.8 Å². The third-order valence-corrected chi connectivity index (χ3v) is 4.15. The number of aliphatic imine (C=N–C) groups is 1. The number of nitrogens with zero attached hydrogens (tertiary/aromatic N) is 2. The van der Waals surface area contributed by atoms with Crippen molar-refractivity contribution in [3.63, 3.8) is 0 Å². The van der Waals surface area contributed by atoms with E-state index in [9.17, 15) is 0 Å². The third kappa shape index (κ3) is 5.88. The van der Waals surface area contributed by atoms with Crippen LogP contribution in [0.25, 0.3) is 11.0 Å². The Labute approximate surface area is 175 Å². The predicted molar refractivity (Wildman–Crippen MR) is 120 cm³/mol. The molecular weight excluding hydrogens is 461 g/mol. The summed E-state index contributed by atoms with van der Waals surface area (Å²) in [6.45, 7) is 1.56. The first-order valence-electron chi connectivity index (χ1n) is 8.37. The molecule has 0 saturated carbocycles. The summed E-state index contributed by atoms with van der Waals surface area (Å²) in [6, 6.07) is 16.0. The first-order chi connectivity index (χ1) is 12.2. The van der Waals surface area contributed by atoms with Gasteiger partial charge in [0.15, 0.2) is 5.96 Å². The maximum atomic E-state index is 6.00. The Bertz CT molecular complexity index is 829. The van der Waals surface area contributed by atoms with Crippen LogP contribution < -0.4 is 10.6 Å². The molecule has 0 amide bonds. The average molecular weight is 484 g/mol. The highest BCUT2D eigenvalue weighted by atomic mass is 127. The fourth-order valence-electron chi connectivity index (χ4n) is 2.66. The normalized spacial score (nSPS) is 11.2. The summed E-state index contributed by atoms with van der Waals surface area (Å²) >= 11 is 6.00. The first-order valence-corrected chi connectivity index (χ1v) is 8.75. The van der Waals surface area contributed by atoms with Gasteiger partial charge in [-0.3, -0.25) is 4.99 Å². The van der Waals surface area contributed by atoms with Crippen LogP contribution in [0.2, 0.25) is 5.02 Å². The molecule has 26 heavy (non-hydrogen) atoms. The lowest BCUT2D eigenvalue weighted by Gasteiger charge is -2.11. The zero-order valence-corrected chi connectivity index (χ0v) is 17.7. The summed E-state index contributed by atoms with van der Waals surface area (Å²) in [6.07, 6.45) is 1.70.